The molecule has 4 rings (SSSR count). The number of fused-ring (bicyclic) bond motifs is 1. The number of amides is 1. The van der Waals surface area contributed by atoms with Crippen molar-refractivity contribution in [1.82, 2.24) is 25.1 Å². The van der Waals surface area contributed by atoms with E-state index in [-0.39, 0.29) is 11.6 Å². The van der Waals surface area contributed by atoms with Crippen molar-refractivity contribution in [2.75, 3.05) is 30.8 Å². The van der Waals surface area contributed by atoms with Gasteiger partial charge in [0, 0.05) is 37.8 Å². The summed E-state index contributed by atoms with van der Waals surface area (Å²) in [6.07, 6.45) is 9.09. The normalized spacial score (nSPS) is 13.8. The van der Waals surface area contributed by atoms with Gasteiger partial charge in [0.05, 0.1) is 23.1 Å². The number of nitrogens with zero attached hydrogens (tertiary/aromatic N) is 6. The first-order valence-corrected chi connectivity index (χ1v) is 11.5. The smallest absolute Gasteiger partial charge is 0.269 e. The number of hydrogen-bond donors (Lipinski definition) is 1. The molecular formula is C21H23N7O3S. The van der Waals surface area contributed by atoms with Gasteiger partial charge in [0.1, 0.15) is 5.82 Å². The average Bonchev–Trinajstić information content (AvgIpc) is 3.48. The second kappa shape index (κ2) is 9.77. The molecule has 2 aromatic heterocycles. The summed E-state index contributed by atoms with van der Waals surface area (Å²) in [5, 5.41) is 19.6. The lowest BCUT2D eigenvalue weighted by atomic mass is 10.2. The Labute approximate surface area is 188 Å². The summed E-state index contributed by atoms with van der Waals surface area (Å²) in [7, 11) is 0. The lowest BCUT2D eigenvalue weighted by Crippen LogP contribution is -2.26. The zero-order valence-corrected chi connectivity index (χ0v) is 18.4. The number of non-ortho nitro benzene ring substituents is 1. The highest BCUT2D eigenvalue weighted by Gasteiger charge is 2.20. The number of anilines is 1. The van der Waals surface area contributed by atoms with E-state index >= 15 is 0 Å². The van der Waals surface area contributed by atoms with E-state index in [0.29, 0.717) is 23.8 Å². The second-order valence-electron chi connectivity index (χ2n) is 7.31. The zero-order valence-electron chi connectivity index (χ0n) is 17.6. The number of aromatic nitrogens is 4. The van der Waals surface area contributed by atoms with Crippen molar-refractivity contribution in [3.8, 4) is 0 Å². The monoisotopic (exact) mass is 453 g/mol. The number of benzene rings is 1. The average molecular weight is 454 g/mol. The van der Waals surface area contributed by atoms with Crippen molar-refractivity contribution < 1.29 is 9.72 Å². The van der Waals surface area contributed by atoms with Crippen LogP contribution in [0.5, 0.6) is 0 Å². The number of nitro groups is 1. The van der Waals surface area contributed by atoms with Crippen LogP contribution in [0.3, 0.4) is 0 Å². The molecule has 1 aliphatic rings. The predicted molar refractivity (Wildman–Crippen MR) is 124 cm³/mol. The molecule has 0 bridgehead atoms. The third-order valence-corrected chi connectivity index (χ3v) is 5.75. The Morgan fingerprint density at radius 1 is 1.25 bits per heavy atom. The Morgan fingerprint density at radius 2 is 2.00 bits per heavy atom. The highest BCUT2D eigenvalue weighted by Crippen LogP contribution is 2.28. The van der Waals surface area contributed by atoms with Crippen molar-refractivity contribution in [3.63, 3.8) is 0 Å². The van der Waals surface area contributed by atoms with Crippen molar-refractivity contribution in [3.05, 3.63) is 52.2 Å². The lowest BCUT2D eigenvalue weighted by Gasteiger charge is -2.17. The summed E-state index contributed by atoms with van der Waals surface area (Å²) in [5.41, 5.74) is 1.49. The molecule has 0 spiro atoms. The largest absolute Gasteiger partial charge is 0.356 e. The number of carbonyl (C=O) groups is 1. The fourth-order valence-electron chi connectivity index (χ4n) is 3.57. The molecule has 3 aromatic rings. The number of hydrogen-bond acceptors (Lipinski definition) is 8. The van der Waals surface area contributed by atoms with Crippen LogP contribution in [0.1, 0.15) is 18.4 Å². The van der Waals surface area contributed by atoms with Crippen LogP contribution < -0.4 is 10.2 Å². The van der Waals surface area contributed by atoms with Gasteiger partial charge in [-0.1, -0.05) is 11.8 Å². The first-order valence-electron chi connectivity index (χ1n) is 10.3. The first kappa shape index (κ1) is 21.8. The van der Waals surface area contributed by atoms with E-state index in [0.717, 1.165) is 42.8 Å². The van der Waals surface area contributed by atoms with Crippen LogP contribution in [0, 0.1) is 10.1 Å². The minimum absolute atomic E-state index is 0.0133. The number of carbonyl (C=O) groups excluding carboxylic acids is 1. The predicted octanol–water partition coefficient (Wildman–Crippen LogP) is 2.89. The molecule has 10 nitrogen and oxygen atoms in total. The molecular weight excluding hydrogens is 430 g/mol. The Hall–Kier alpha value is -3.47. The fourth-order valence-corrected chi connectivity index (χ4v) is 3.92. The first-order chi connectivity index (χ1) is 15.5. The van der Waals surface area contributed by atoms with Gasteiger partial charge < -0.3 is 10.2 Å². The molecule has 166 valence electrons. The summed E-state index contributed by atoms with van der Waals surface area (Å²) in [4.78, 5) is 34.0. The molecule has 11 heteroatoms. The maximum Gasteiger partial charge on any atom is 0.269 e. The molecule has 1 amide bonds. The molecule has 3 heterocycles. The molecule has 1 saturated heterocycles. The minimum Gasteiger partial charge on any atom is -0.356 e. The molecule has 1 fully saturated rings. The SMILES string of the molecule is CSc1nc(N2CCCC2)c2cnn(CCNC(=O)C=Cc3ccc([N+](=O)[O-])cc3)c2n1. The van der Waals surface area contributed by atoms with Gasteiger partial charge in [-0.3, -0.25) is 14.9 Å². The van der Waals surface area contributed by atoms with E-state index in [1.54, 1.807) is 29.1 Å². The van der Waals surface area contributed by atoms with Crippen LogP contribution in [0.25, 0.3) is 17.1 Å². The quantitative estimate of drug-likeness (QED) is 0.182. The molecule has 0 atom stereocenters. The van der Waals surface area contributed by atoms with Gasteiger partial charge in [0.2, 0.25) is 5.91 Å². The molecule has 1 N–H and O–H groups in total. The van der Waals surface area contributed by atoms with E-state index in [1.165, 1.54) is 30.0 Å². The van der Waals surface area contributed by atoms with Gasteiger partial charge in [-0.25, -0.2) is 14.6 Å². The highest BCUT2D eigenvalue weighted by atomic mass is 32.2. The number of nitro benzene ring substituents is 1. The standard InChI is InChI=1S/C21H23N7O3S/c1-32-21-24-19(26-11-2-3-12-26)17-14-23-27(20(17)25-21)13-10-22-18(29)9-6-15-4-7-16(8-5-15)28(30)31/h4-9,14H,2-3,10-13H2,1H3,(H,22,29). The summed E-state index contributed by atoms with van der Waals surface area (Å²) in [6, 6.07) is 6.00. The highest BCUT2D eigenvalue weighted by molar-refractivity contribution is 7.98. The maximum atomic E-state index is 12.1. The van der Waals surface area contributed by atoms with E-state index in [9.17, 15) is 14.9 Å². The third kappa shape index (κ3) is 4.88. The van der Waals surface area contributed by atoms with Crippen molar-refractivity contribution in [2.24, 2.45) is 0 Å². The fraction of sp³-hybridized carbons (Fsp3) is 0.333. The Morgan fingerprint density at radius 3 is 2.69 bits per heavy atom. The lowest BCUT2D eigenvalue weighted by molar-refractivity contribution is -0.384. The van der Waals surface area contributed by atoms with Gasteiger partial charge in [0.15, 0.2) is 10.8 Å². The van der Waals surface area contributed by atoms with Gasteiger partial charge in [-0.05, 0) is 42.9 Å². The number of nitrogens with one attached hydrogen (secondary N) is 1. The van der Waals surface area contributed by atoms with Crippen LogP contribution in [0.15, 0.2) is 41.7 Å². The van der Waals surface area contributed by atoms with Gasteiger partial charge >= 0.3 is 0 Å². The van der Waals surface area contributed by atoms with E-state index < -0.39 is 4.92 Å². The summed E-state index contributed by atoms with van der Waals surface area (Å²) >= 11 is 1.50. The van der Waals surface area contributed by atoms with Crippen LogP contribution in [-0.4, -0.2) is 56.5 Å². The van der Waals surface area contributed by atoms with Crippen LogP contribution in [0.4, 0.5) is 11.5 Å². The molecule has 0 unspecified atom stereocenters. The Bertz CT molecular complexity index is 1150. The third-order valence-electron chi connectivity index (χ3n) is 5.20. The summed E-state index contributed by atoms with van der Waals surface area (Å²) in [5.74, 6) is 0.676. The van der Waals surface area contributed by atoms with Crippen molar-refractivity contribution in [2.45, 2.75) is 24.5 Å². The molecule has 32 heavy (non-hydrogen) atoms. The Kier molecular flexibility index (Phi) is 6.64. The minimum atomic E-state index is -0.458. The van der Waals surface area contributed by atoms with Crippen LogP contribution >= 0.6 is 11.8 Å². The zero-order chi connectivity index (χ0) is 22.5. The van der Waals surface area contributed by atoms with Gasteiger partial charge in [-0.15, -0.1) is 0 Å². The van der Waals surface area contributed by atoms with E-state index in [1.807, 2.05) is 6.26 Å². The molecule has 0 saturated carbocycles. The number of thioether (sulfide) groups is 1. The van der Waals surface area contributed by atoms with Crippen molar-refractivity contribution >= 4 is 46.3 Å². The second-order valence-corrected chi connectivity index (χ2v) is 8.08. The van der Waals surface area contributed by atoms with E-state index in [4.69, 9.17) is 4.98 Å². The summed E-state index contributed by atoms with van der Waals surface area (Å²) < 4.78 is 1.79. The van der Waals surface area contributed by atoms with Gasteiger partial charge in [-0.2, -0.15) is 5.10 Å². The van der Waals surface area contributed by atoms with E-state index in [2.05, 4.69) is 20.3 Å². The van der Waals surface area contributed by atoms with Crippen molar-refractivity contribution in [1.29, 1.82) is 0 Å². The summed E-state index contributed by atoms with van der Waals surface area (Å²) in [6.45, 7) is 2.84. The molecule has 0 radical (unpaired) electrons. The van der Waals surface area contributed by atoms with Crippen LogP contribution in [-0.2, 0) is 11.3 Å². The molecule has 0 aliphatic carbocycles. The molecule has 1 aromatic carbocycles. The Balaban J connectivity index is 1.39. The topological polar surface area (TPSA) is 119 Å². The maximum absolute atomic E-state index is 12.1. The van der Waals surface area contributed by atoms with Gasteiger partial charge in [0.25, 0.3) is 5.69 Å². The molecule has 1 aliphatic heterocycles. The number of rotatable bonds is 8. The van der Waals surface area contributed by atoms with Crippen LogP contribution in [0.2, 0.25) is 0 Å².